The molecule has 0 aliphatic carbocycles. The SMILES string of the molecule is COc1cc(C=CC(=O)c2cccc(N3CCCC3=O)c2)cc([N+](=O)[O-])c1O. The first-order valence-corrected chi connectivity index (χ1v) is 8.59. The van der Waals surface area contributed by atoms with Crippen LogP contribution in [0, 0.1) is 10.1 Å². The highest BCUT2D eigenvalue weighted by atomic mass is 16.6. The number of amides is 1. The van der Waals surface area contributed by atoms with Gasteiger partial charge in [-0.15, -0.1) is 0 Å². The van der Waals surface area contributed by atoms with E-state index < -0.39 is 16.4 Å². The molecule has 0 radical (unpaired) electrons. The summed E-state index contributed by atoms with van der Waals surface area (Å²) in [6.45, 7) is 0.628. The van der Waals surface area contributed by atoms with Crippen molar-refractivity contribution in [1.29, 1.82) is 0 Å². The molecule has 8 nitrogen and oxygen atoms in total. The van der Waals surface area contributed by atoms with E-state index in [-0.39, 0.29) is 17.4 Å². The molecule has 0 spiro atoms. The third kappa shape index (κ3) is 3.85. The minimum atomic E-state index is -0.729. The van der Waals surface area contributed by atoms with Gasteiger partial charge in [0.25, 0.3) is 0 Å². The number of carbonyl (C=O) groups excluding carboxylic acids is 2. The predicted molar refractivity (Wildman–Crippen MR) is 103 cm³/mol. The molecule has 1 aliphatic heterocycles. The first kappa shape index (κ1) is 19.1. The number of anilines is 1. The molecule has 1 fully saturated rings. The van der Waals surface area contributed by atoms with Crippen molar-refractivity contribution < 1.29 is 24.4 Å². The average Bonchev–Trinajstić information content (AvgIpc) is 3.12. The van der Waals surface area contributed by atoms with Crippen LogP contribution in [0.3, 0.4) is 0 Å². The van der Waals surface area contributed by atoms with Gasteiger partial charge >= 0.3 is 5.69 Å². The summed E-state index contributed by atoms with van der Waals surface area (Å²) in [5.74, 6) is -0.915. The Hall–Kier alpha value is -3.68. The molecule has 1 amide bonds. The van der Waals surface area contributed by atoms with E-state index >= 15 is 0 Å². The van der Waals surface area contributed by atoms with Crippen LogP contribution >= 0.6 is 0 Å². The molecule has 144 valence electrons. The van der Waals surface area contributed by atoms with E-state index in [9.17, 15) is 24.8 Å². The molecule has 2 aromatic carbocycles. The normalized spacial score (nSPS) is 13.9. The summed E-state index contributed by atoms with van der Waals surface area (Å²) in [6, 6.07) is 9.31. The van der Waals surface area contributed by atoms with Gasteiger partial charge in [-0.05, 0) is 36.3 Å². The number of aromatic hydroxyl groups is 1. The quantitative estimate of drug-likeness (QED) is 0.355. The summed E-state index contributed by atoms with van der Waals surface area (Å²) in [7, 11) is 1.28. The predicted octanol–water partition coefficient (Wildman–Crippen LogP) is 3.33. The molecule has 3 rings (SSSR count). The van der Waals surface area contributed by atoms with Crippen molar-refractivity contribution in [3.63, 3.8) is 0 Å². The molecule has 0 aromatic heterocycles. The largest absolute Gasteiger partial charge is 0.500 e. The first-order chi connectivity index (χ1) is 13.4. The van der Waals surface area contributed by atoms with E-state index in [1.165, 1.54) is 25.3 Å². The molecule has 1 N–H and O–H groups in total. The zero-order valence-corrected chi connectivity index (χ0v) is 15.1. The smallest absolute Gasteiger partial charge is 0.315 e. The van der Waals surface area contributed by atoms with Gasteiger partial charge in [-0.3, -0.25) is 19.7 Å². The summed E-state index contributed by atoms with van der Waals surface area (Å²) in [5.41, 5.74) is 0.888. The molecule has 2 aromatic rings. The van der Waals surface area contributed by atoms with Gasteiger partial charge in [0, 0.05) is 30.3 Å². The van der Waals surface area contributed by atoms with Crippen LogP contribution in [0.2, 0.25) is 0 Å². The molecule has 8 heteroatoms. The molecule has 0 atom stereocenters. The molecule has 1 saturated heterocycles. The van der Waals surface area contributed by atoms with Crippen LogP contribution in [-0.2, 0) is 4.79 Å². The number of nitrogens with zero attached hydrogens (tertiary/aromatic N) is 2. The number of hydrogen-bond acceptors (Lipinski definition) is 6. The Morgan fingerprint density at radius 2 is 2.11 bits per heavy atom. The zero-order chi connectivity index (χ0) is 20.3. The highest BCUT2D eigenvalue weighted by Crippen LogP contribution is 2.37. The van der Waals surface area contributed by atoms with E-state index in [1.54, 1.807) is 29.2 Å². The second-order valence-electron chi connectivity index (χ2n) is 6.24. The van der Waals surface area contributed by atoms with E-state index in [2.05, 4.69) is 0 Å². The van der Waals surface area contributed by atoms with Crippen molar-refractivity contribution in [2.24, 2.45) is 0 Å². The molecular formula is C20H18N2O6. The fraction of sp³-hybridized carbons (Fsp3) is 0.200. The van der Waals surface area contributed by atoms with Crippen LogP contribution in [-0.4, -0.2) is 35.4 Å². The highest BCUT2D eigenvalue weighted by molar-refractivity contribution is 6.08. The Morgan fingerprint density at radius 3 is 2.75 bits per heavy atom. The Kier molecular flexibility index (Phi) is 5.39. The lowest BCUT2D eigenvalue weighted by atomic mass is 10.1. The van der Waals surface area contributed by atoms with Gasteiger partial charge in [0.05, 0.1) is 12.0 Å². The van der Waals surface area contributed by atoms with E-state index in [1.807, 2.05) is 0 Å². The Balaban J connectivity index is 1.85. The van der Waals surface area contributed by atoms with Gasteiger partial charge in [-0.2, -0.15) is 0 Å². The fourth-order valence-corrected chi connectivity index (χ4v) is 3.02. The zero-order valence-electron chi connectivity index (χ0n) is 15.1. The molecule has 0 bridgehead atoms. The van der Waals surface area contributed by atoms with E-state index in [0.29, 0.717) is 29.8 Å². The summed E-state index contributed by atoms with van der Waals surface area (Å²) in [5, 5.41) is 20.9. The number of ketones is 1. The minimum absolute atomic E-state index is 0.0311. The van der Waals surface area contributed by atoms with Gasteiger partial charge in [-0.25, -0.2) is 0 Å². The average molecular weight is 382 g/mol. The van der Waals surface area contributed by atoms with Crippen LogP contribution in [0.4, 0.5) is 11.4 Å². The van der Waals surface area contributed by atoms with Crippen LogP contribution in [0.1, 0.15) is 28.8 Å². The number of phenols is 1. The van der Waals surface area contributed by atoms with Gasteiger partial charge in [0.2, 0.25) is 11.7 Å². The fourth-order valence-electron chi connectivity index (χ4n) is 3.02. The summed E-state index contributed by atoms with van der Waals surface area (Å²) < 4.78 is 4.94. The van der Waals surface area contributed by atoms with Gasteiger partial charge in [-0.1, -0.05) is 18.2 Å². The van der Waals surface area contributed by atoms with Crippen molar-refractivity contribution in [3.05, 3.63) is 63.7 Å². The Labute approximate surface area is 160 Å². The van der Waals surface area contributed by atoms with Crippen molar-refractivity contribution in [2.45, 2.75) is 12.8 Å². The lowest BCUT2D eigenvalue weighted by Gasteiger charge is -2.16. The maximum absolute atomic E-state index is 12.5. The van der Waals surface area contributed by atoms with Gasteiger partial charge < -0.3 is 14.7 Å². The van der Waals surface area contributed by atoms with Crippen molar-refractivity contribution in [2.75, 3.05) is 18.6 Å². The topological polar surface area (TPSA) is 110 Å². The number of allylic oxidation sites excluding steroid dienone is 1. The molecule has 0 saturated carbocycles. The Bertz CT molecular complexity index is 983. The van der Waals surface area contributed by atoms with Crippen LogP contribution in [0.25, 0.3) is 6.08 Å². The number of carbonyl (C=O) groups is 2. The second kappa shape index (κ2) is 7.91. The summed E-state index contributed by atoms with van der Waals surface area (Å²) >= 11 is 0. The number of nitro benzene ring substituents is 1. The third-order valence-electron chi connectivity index (χ3n) is 4.44. The maximum atomic E-state index is 12.5. The molecule has 0 unspecified atom stereocenters. The van der Waals surface area contributed by atoms with Crippen LogP contribution in [0.15, 0.2) is 42.5 Å². The van der Waals surface area contributed by atoms with Gasteiger partial charge in [0.15, 0.2) is 11.5 Å². The third-order valence-corrected chi connectivity index (χ3v) is 4.44. The van der Waals surface area contributed by atoms with Crippen LogP contribution < -0.4 is 9.64 Å². The summed E-state index contributed by atoms with van der Waals surface area (Å²) in [6.07, 6.45) is 3.98. The maximum Gasteiger partial charge on any atom is 0.315 e. The minimum Gasteiger partial charge on any atom is -0.500 e. The molecule has 1 heterocycles. The number of nitro groups is 1. The molecular weight excluding hydrogens is 364 g/mol. The van der Waals surface area contributed by atoms with Crippen LogP contribution in [0.5, 0.6) is 11.5 Å². The number of ether oxygens (including phenoxy) is 1. The highest BCUT2D eigenvalue weighted by Gasteiger charge is 2.22. The van der Waals surface area contributed by atoms with E-state index in [4.69, 9.17) is 4.74 Å². The number of rotatable bonds is 6. The molecule has 28 heavy (non-hydrogen) atoms. The van der Waals surface area contributed by atoms with Crippen molar-refractivity contribution in [1.82, 2.24) is 0 Å². The van der Waals surface area contributed by atoms with E-state index in [0.717, 1.165) is 12.5 Å². The monoisotopic (exact) mass is 382 g/mol. The van der Waals surface area contributed by atoms with Crippen molar-refractivity contribution >= 4 is 29.1 Å². The lowest BCUT2D eigenvalue weighted by Crippen LogP contribution is -2.23. The number of benzene rings is 2. The Morgan fingerprint density at radius 1 is 1.32 bits per heavy atom. The number of hydrogen-bond donors (Lipinski definition) is 1. The van der Waals surface area contributed by atoms with Gasteiger partial charge in [0.1, 0.15) is 0 Å². The van der Waals surface area contributed by atoms with Crippen molar-refractivity contribution in [3.8, 4) is 11.5 Å². The number of methoxy groups -OCH3 is 1. The standard InChI is InChI=1S/C20H18N2O6/c1-28-18-11-13(10-16(20(18)25)22(26)27)7-8-17(23)14-4-2-5-15(12-14)21-9-3-6-19(21)24/h2,4-5,7-8,10-12,25H,3,6,9H2,1H3. The molecule has 1 aliphatic rings. The number of phenolic OH excluding ortho intramolecular Hbond substituents is 1. The second-order valence-corrected chi connectivity index (χ2v) is 6.24. The lowest BCUT2D eigenvalue weighted by molar-refractivity contribution is -0.386. The first-order valence-electron chi connectivity index (χ1n) is 8.59. The summed E-state index contributed by atoms with van der Waals surface area (Å²) in [4.78, 5) is 36.4.